The molecule has 0 amide bonds. The largest absolute Gasteiger partial charge is 0.458 e. The molecule has 2 nitrogen and oxygen atoms in total. The van der Waals surface area contributed by atoms with Crippen LogP contribution in [0.15, 0.2) is 28.7 Å². The molecule has 0 spiro atoms. The van der Waals surface area contributed by atoms with E-state index in [1.807, 2.05) is 25.1 Å². The van der Waals surface area contributed by atoms with Gasteiger partial charge in [0, 0.05) is 10.4 Å². The molecule has 1 fully saturated rings. The molecular formula is C14H15ClO2. The van der Waals surface area contributed by atoms with Gasteiger partial charge in [-0.15, -0.1) is 0 Å². The first kappa shape index (κ1) is 11.1. The van der Waals surface area contributed by atoms with E-state index in [1.54, 1.807) is 6.07 Å². The molecule has 1 atom stereocenters. The monoisotopic (exact) mass is 250 g/mol. The standard InChI is InChI=1S/C14H15ClO2/c1-2-14(16,10-3-4-10)13-8-9-7-11(15)5-6-12(9)17-13/h5-8,10,16H,2-4H2,1H3. The van der Waals surface area contributed by atoms with Crippen LogP contribution in [-0.4, -0.2) is 5.11 Å². The summed E-state index contributed by atoms with van der Waals surface area (Å²) in [7, 11) is 0. The van der Waals surface area contributed by atoms with Gasteiger partial charge in [-0.1, -0.05) is 18.5 Å². The molecule has 0 bridgehead atoms. The van der Waals surface area contributed by atoms with E-state index in [2.05, 4.69) is 0 Å². The summed E-state index contributed by atoms with van der Waals surface area (Å²) in [5.74, 6) is 1.03. The fraction of sp³-hybridized carbons (Fsp3) is 0.429. The topological polar surface area (TPSA) is 33.4 Å². The van der Waals surface area contributed by atoms with E-state index in [-0.39, 0.29) is 0 Å². The lowest BCUT2D eigenvalue weighted by Crippen LogP contribution is -2.26. The number of hydrogen-bond donors (Lipinski definition) is 1. The fourth-order valence-corrected chi connectivity index (χ4v) is 2.63. The number of halogens is 1. The summed E-state index contributed by atoms with van der Waals surface area (Å²) in [6.07, 6.45) is 2.86. The van der Waals surface area contributed by atoms with E-state index in [4.69, 9.17) is 16.0 Å². The molecule has 3 rings (SSSR count). The van der Waals surface area contributed by atoms with Gasteiger partial charge in [0.2, 0.25) is 0 Å². The summed E-state index contributed by atoms with van der Waals surface area (Å²) in [5, 5.41) is 12.3. The van der Waals surface area contributed by atoms with Crippen LogP contribution in [0.2, 0.25) is 5.02 Å². The Hall–Kier alpha value is -0.990. The van der Waals surface area contributed by atoms with Gasteiger partial charge >= 0.3 is 0 Å². The molecule has 17 heavy (non-hydrogen) atoms. The molecule has 1 N–H and O–H groups in total. The summed E-state index contributed by atoms with van der Waals surface area (Å²) >= 11 is 5.95. The minimum absolute atomic E-state index is 0.350. The zero-order chi connectivity index (χ0) is 12.0. The molecule has 0 saturated heterocycles. The van der Waals surface area contributed by atoms with Gasteiger partial charge < -0.3 is 9.52 Å². The van der Waals surface area contributed by atoms with Crippen molar-refractivity contribution in [2.45, 2.75) is 31.8 Å². The van der Waals surface area contributed by atoms with Crippen molar-refractivity contribution < 1.29 is 9.52 Å². The molecule has 1 heterocycles. The van der Waals surface area contributed by atoms with Crippen molar-refractivity contribution in [3.63, 3.8) is 0 Å². The van der Waals surface area contributed by atoms with Crippen LogP contribution >= 0.6 is 11.6 Å². The molecule has 1 aromatic heterocycles. The van der Waals surface area contributed by atoms with Crippen LogP contribution in [0.3, 0.4) is 0 Å². The van der Waals surface area contributed by atoms with Gasteiger partial charge in [-0.3, -0.25) is 0 Å². The number of fused-ring (bicyclic) bond motifs is 1. The van der Waals surface area contributed by atoms with E-state index in [0.717, 1.165) is 23.8 Å². The second-order valence-electron chi connectivity index (χ2n) is 4.84. The van der Waals surface area contributed by atoms with Gasteiger partial charge in [-0.2, -0.15) is 0 Å². The highest BCUT2D eigenvalue weighted by Gasteiger charge is 2.46. The lowest BCUT2D eigenvalue weighted by Gasteiger charge is -2.23. The predicted octanol–water partition coefficient (Wildman–Crippen LogP) is 4.09. The van der Waals surface area contributed by atoms with Crippen LogP contribution in [0.4, 0.5) is 0 Å². The maximum absolute atomic E-state index is 10.7. The normalized spacial score (nSPS) is 19.5. The number of furan rings is 1. The summed E-state index contributed by atoms with van der Waals surface area (Å²) < 4.78 is 5.77. The van der Waals surface area contributed by atoms with Crippen molar-refractivity contribution in [3.05, 3.63) is 35.0 Å². The molecule has 0 radical (unpaired) electrons. The minimum Gasteiger partial charge on any atom is -0.458 e. The van der Waals surface area contributed by atoms with Crippen molar-refractivity contribution >= 4 is 22.6 Å². The van der Waals surface area contributed by atoms with Crippen LogP contribution in [0.1, 0.15) is 31.9 Å². The minimum atomic E-state index is -0.800. The van der Waals surface area contributed by atoms with Crippen LogP contribution < -0.4 is 0 Å². The van der Waals surface area contributed by atoms with Gasteiger partial charge in [0.05, 0.1) is 0 Å². The molecule has 90 valence electrons. The first-order chi connectivity index (χ1) is 8.13. The van der Waals surface area contributed by atoms with Crippen LogP contribution in [0.25, 0.3) is 11.0 Å². The molecular weight excluding hydrogens is 236 g/mol. The van der Waals surface area contributed by atoms with Crippen molar-refractivity contribution in [2.75, 3.05) is 0 Å². The third-order valence-electron chi connectivity index (χ3n) is 3.70. The van der Waals surface area contributed by atoms with Crippen LogP contribution in [0, 0.1) is 5.92 Å². The quantitative estimate of drug-likeness (QED) is 0.890. The molecule has 1 aromatic carbocycles. The average Bonchev–Trinajstić information content (AvgIpc) is 3.08. The number of rotatable bonds is 3. The summed E-state index contributed by atoms with van der Waals surface area (Å²) in [4.78, 5) is 0. The SMILES string of the molecule is CCC(O)(c1cc2cc(Cl)ccc2o1)C1CC1. The number of aliphatic hydroxyl groups is 1. The lowest BCUT2D eigenvalue weighted by molar-refractivity contribution is -0.0103. The molecule has 0 aliphatic heterocycles. The van der Waals surface area contributed by atoms with Crippen molar-refractivity contribution in [1.29, 1.82) is 0 Å². The zero-order valence-corrected chi connectivity index (χ0v) is 10.5. The highest BCUT2D eigenvalue weighted by Crippen LogP contribution is 2.48. The average molecular weight is 251 g/mol. The third kappa shape index (κ3) is 1.76. The van der Waals surface area contributed by atoms with Crippen molar-refractivity contribution in [2.24, 2.45) is 5.92 Å². The maximum Gasteiger partial charge on any atom is 0.137 e. The molecule has 3 heteroatoms. The molecule has 2 aromatic rings. The molecule has 1 unspecified atom stereocenters. The maximum atomic E-state index is 10.7. The van der Waals surface area contributed by atoms with Crippen molar-refractivity contribution in [1.82, 2.24) is 0 Å². The predicted molar refractivity (Wildman–Crippen MR) is 68.1 cm³/mol. The fourth-order valence-electron chi connectivity index (χ4n) is 2.45. The Bertz CT molecular complexity index is 556. The molecule has 1 aliphatic carbocycles. The van der Waals surface area contributed by atoms with Crippen LogP contribution in [-0.2, 0) is 5.60 Å². The van der Waals surface area contributed by atoms with Crippen molar-refractivity contribution in [3.8, 4) is 0 Å². The highest BCUT2D eigenvalue weighted by molar-refractivity contribution is 6.31. The third-order valence-corrected chi connectivity index (χ3v) is 3.93. The van der Waals surface area contributed by atoms with Gasteiger partial charge in [-0.25, -0.2) is 0 Å². The van der Waals surface area contributed by atoms with E-state index in [9.17, 15) is 5.11 Å². The smallest absolute Gasteiger partial charge is 0.137 e. The Morgan fingerprint density at radius 1 is 1.41 bits per heavy atom. The Balaban J connectivity index is 2.10. The van der Waals surface area contributed by atoms with Gasteiger partial charge in [0.15, 0.2) is 0 Å². The number of benzene rings is 1. The Morgan fingerprint density at radius 3 is 2.82 bits per heavy atom. The summed E-state index contributed by atoms with van der Waals surface area (Å²) in [6, 6.07) is 7.44. The Labute approximate surface area is 105 Å². The van der Waals surface area contributed by atoms with Gasteiger partial charge in [0.25, 0.3) is 0 Å². The first-order valence-electron chi connectivity index (χ1n) is 6.05. The van der Waals surface area contributed by atoms with E-state index in [1.165, 1.54) is 0 Å². The molecule has 1 aliphatic rings. The lowest BCUT2D eigenvalue weighted by atomic mass is 9.91. The summed E-state index contributed by atoms with van der Waals surface area (Å²) in [6.45, 7) is 2.00. The zero-order valence-electron chi connectivity index (χ0n) is 9.74. The van der Waals surface area contributed by atoms with Crippen LogP contribution in [0.5, 0.6) is 0 Å². The van der Waals surface area contributed by atoms with E-state index >= 15 is 0 Å². The Morgan fingerprint density at radius 2 is 2.18 bits per heavy atom. The second-order valence-corrected chi connectivity index (χ2v) is 5.28. The number of hydrogen-bond acceptors (Lipinski definition) is 2. The van der Waals surface area contributed by atoms with E-state index in [0.29, 0.717) is 23.1 Å². The highest BCUT2D eigenvalue weighted by atomic mass is 35.5. The van der Waals surface area contributed by atoms with E-state index < -0.39 is 5.60 Å². The second kappa shape index (κ2) is 3.76. The van der Waals surface area contributed by atoms with Gasteiger partial charge in [0.1, 0.15) is 16.9 Å². The van der Waals surface area contributed by atoms with Gasteiger partial charge in [-0.05, 0) is 49.4 Å². The molecule has 1 saturated carbocycles. The first-order valence-corrected chi connectivity index (χ1v) is 6.43. The Kier molecular flexibility index (Phi) is 2.46. The summed E-state index contributed by atoms with van der Waals surface area (Å²) in [5.41, 5.74) is -0.0113.